The number of halogens is 4. The van der Waals surface area contributed by atoms with Crippen LogP contribution in [-0.2, 0) is 6.18 Å². The molecule has 0 atom stereocenters. The minimum absolute atomic E-state index is 0.0913. The lowest BCUT2D eigenvalue weighted by molar-refractivity contribution is -0.137. The third-order valence-electron chi connectivity index (χ3n) is 2.92. The van der Waals surface area contributed by atoms with Crippen molar-refractivity contribution in [3.8, 4) is 0 Å². The second kappa shape index (κ2) is 5.28. The molecule has 0 spiro atoms. The van der Waals surface area contributed by atoms with Crippen molar-refractivity contribution in [1.29, 1.82) is 0 Å². The van der Waals surface area contributed by atoms with E-state index >= 15 is 0 Å². The Labute approximate surface area is 113 Å². The maximum absolute atomic E-state index is 12.7. The second-order valence-electron chi connectivity index (χ2n) is 4.32. The summed E-state index contributed by atoms with van der Waals surface area (Å²) in [5.74, 6) is 0. The summed E-state index contributed by atoms with van der Waals surface area (Å²) in [5.41, 5.74) is -0.859. The minimum atomic E-state index is -4.54. The second-order valence-corrected chi connectivity index (χ2v) is 4.72. The number of carbonyl (C=O) groups is 1. The van der Waals surface area contributed by atoms with E-state index in [-0.39, 0.29) is 16.7 Å². The standard InChI is InChI=1S/C12H12ClF3N2O/c13-10-4-3-8(7-9(10)12(14,15)16)17-11(19)18-5-1-2-6-18/h3-4,7H,1-2,5-6H2,(H,17,19). The van der Waals surface area contributed by atoms with E-state index in [1.807, 2.05) is 0 Å². The highest BCUT2D eigenvalue weighted by atomic mass is 35.5. The van der Waals surface area contributed by atoms with Crippen LogP contribution >= 0.6 is 11.6 Å². The largest absolute Gasteiger partial charge is 0.417 e. The molecule has 2 rings (SSSR count). The third kappa shape index (κ3) is 3.32. The van der Waals surface area contributed by atoms with E-state index in [9.17, 15) is 18.0 Å². The topological polar surface area (TPSA) is 32.3 Å². The van der Waals surface area contributed by atoms with E-state index in [0.29, 0.717) is 13.1 Å². The van der Waals surface area contributed by atoms with Gasteiger partial charge >= 0.3 is 12.2 Å². The summed E-state index contributed by atoms with van der Waals surface area (Å²) in [5, 5.41) is 2.07. The van der Waals surface area contributed by atoms with Crippen LogP contribution in [0.15, 0.2) is 18.2 Å². The number of hydrogen-bond donors (Lipinski definition) is 1. The van der Waals surface area contributed by atoms with Gasteiger partial charge < -0.3 is 10.2 Å². The Bertz CT molecular complexity index is 484. The van der Waals surface area contributed by atoms with Gasteiger partial charge in [-0.2, -0.15) is 13.2 Å². The van der Waals surface area contributed by atoms with Gasteiger partial charge in [0.05, 0.1) is 10.6 Å². The van der Waals surface area contributed by atoms with Crippen molar-refractivity contribution < 1.29 is 18.0 Å². The predicted octanol–water partition coefficient (Wildman–Crippen LogP) is 3.99. The summed E-state index contributed by atoms with van der Waals surface area (Å²) in [6, 6.07) is 2.94. The first-order chi connectivity index (χ1) is 8.88. The number of carbonyl (C=O) groups excluding carboxylic acids is 1. The molecule has 1 N–H and O–H groups in total. The van der Waals surface area contributed by atoms with Gasteiger partial charge in [0.15, 0.2) is 0 Å². The van der Waals surface area contributed by atoms with Gasteiger partial charge in [-0.15, -0.1) is 0 Å². The molecule has 1 fully saturated rings. The van der Waals surface area contributed by atoms with Crippen LogP contribution in [-0.4, -0.2) is 24.0 Å². The van der Waals surface area contributed by atoms with E-state index < -0.39 is 11.7 Å². The fourth-order valence-electron chi connectivity index (χ4n) is 1.94. The molecule has 0 aliphatic carbocycles. The number of anilines is 1. The van der Waals surface area contributed by atoms with Gasteiger partial charge in [-0.1, -0.05) is 11.6 Å². The van der Waals surface area contributed by atoms with Gasteiger partial charge in [0.25, 0.3) is 0 Å². The monoisotopic (exact) mass is 292 g/mol. The molecular weight excluding hydrogens is 281 g/mol. The first kappa shape index (κ1) is 14.0. The molecule has 0 bridgehead atoms. The molecule has 0 unspecified atom stereocenters. The van der Waals surface area contributed by atoms with Crippen LogP contribution in [0.2, 0.25) is 5.02 Å². The molecule has 1 aromatic rings. The zero-order valence-electron chi connectivity index (χ0n) is 9.93. The average molecular weight is 293 g/mol. The van der Waals surface area contributed by atoms with Crippen molar-refractivity contribution in [2.75, 3.05) is 18.4 Å². The third-order valence-corrected chi connectivity index (χ3v) is 3.25. The number of likely N-dealkylation sites (tertiary alicyclic amines) is 1. The highest BCUT2D eigenvalue weighted by Crippen LogP contribution is 2.36. The molecule has 1 saturated heterocycles. The number of urea groups is 1. The quantitative estimate of drug-likeness (QED) is 0.834. The van der Waals surface area contributed by atoms with Gasteiger partial charge in [-0.05, 0) is 31.0 Å². The van der Waals surface area contributed by atoms with Gasteiger partial charge in [0, 0.05) is 18.8 Å². The number of nitrogens with one attached hydrogen (secondary N) is 1. The molecule has 1 aliphatic rings. The van der Waals surface area contributed by atoms with E-state index in [1.165, 1.54) is 6.07 Å². The Morgan fingerprint density at radius 1 is 1.26 bits per heavy atom. The van der Waals surface area contributed by atoms with Crippen LogP contribution < -0.4 is 5.32 Å². The summed E-state index contributed by atoms with van der Waals surface area (Å²) >= 11 is 5.50. The lowest BCUT2D eigenvalue weighted by atomic mass is 10.2. The maximum atomic E-state index is 12.7. The minimum Gasteiger partial charge on any atom is -0.325 e. The van der Waals surface area contributed by atoms with E-state index in [1.54, 1.807) is 4.90 Å². The Hall–Kier alpha value is -1.43. The summed E-state index contributed by atoms with van der Waals surface area (Å²) in [6.07, 6.45) is -2.70. The van der Waals surface area contributed by atoms with Crippen LogP contribution in [0.3, 0.4) is 0 Å². The zero-order chi connectivity index (χ0) is 14.0. The Morgan fingerprint density at radius 2 is 1.89 bits per heavy atom. The number of benzene rings is 1. The van der Waals surface area contributed by atoms with Crippen LogP contribution in [0.25, 0.3) is 0 Å². The van der Waals surface area contributed by atoms with Crippen LogP contribution in [0.1, 0.15) is 18.4 Å². The first-order valence-electron chi connectivity index (χ1n) is 5.80. The van der Waals surface area contributed by atoms with Crippen LogP contribution in [0.5, 0.6) is 0 Å². The van der Waals surface area contributed by atoms with Gasteiger partial charge in [0.2, 0.25) is 0 Å². The van der Waals surface area contributed by atoms with E-state index in [2.05, 4.69) is 5.32 Å². The molecule has 0 radical (unpaired) electrons. The molecule has 0 saturated carbocycles. The summed E-state index contributed by atoms with van der Waals surface area (Å²) in [6.45, 7) is 1.26. The molecule has 1 heterocycles. The smallest absolute Gasteiger partial charge is 0.325 e. The summed E-state index contributed by atoms with van der Waals surface area (Å²) < 4.78 is 38.0. The number of hydrogen-bond acceptors (Lipinski definition) is 1. The Kier molecular flexibility index (Phi) is 3.89. The lowest BCUT2D eigenvalue weighted by Gasteiger charge is -2.17. The van der Waals surface area contributed by atoms with Crippen molar-refractivity contribution in [3.63, 3.8) is 0 Å². The molecule has 3 nitrogen and oxygen atoms in total. The fraction of sp³-hybridized carbons (Fsp3) is 0.417. The normalized spacial score (nSPS) is 15.7. The SMILES string of the molecule is O=C(Nc1ccc(Cl)c(C(F)(F)F)c1)N1CCCC1. The maximum Gasteiger partial charge on any atom is 0.417 e. The van der Waals surface area contributed by atoms with Gasteiger partial charge in [0.1, 0.15) is 0 Å². The molecule has 1 aromatic carbocycles. The summed E-state index contributed by atoms with van der Waals surface area (Å²) in [4.78, 5) is 13.3. The lowest BCUT2D eigenvalue weighted by Crippen LogP contribution is -2.32. The van der Waals surface area contributed by atoms with E-state index in [0.717, 1.165) is 25.0 Å². The average Bonchev–Trinajstić information content (AvgIpc) is 2.83. The molecule has 0 aromatic heterocycles. The first-order valence-corrected chi connectivity index (χ1v) is 6.18. The number of amides is 2. The molecule has 7 heteroatoms. The molecular formula is C12H12ClF3N2O. The Balaban J connectivity index is 2.15. The molecule has 104 valence electrons. The number of rotatable bonds is 1. The van der Waals surface area contributed by atoms with E-state index in [4.69, 9.17) is 11.6 Å². The number of nitrogens with zero attached hydrogens (tertiary/aromatic N) is 1. The predicted molar refractivity (Wildman–Crippen MR) is 66.3 cm³/mol. The van der Waals surface area contributed by atoms with Crippen molar-refractivity contribution in [2.45, 2.75) is 19.0 Å². The molecule has 1 aliphatic heterocycles. The van der Waals surface area contributed by atoms with Gasteiger partial charge in [-0.3, -0.25) is 0 Å². The van der Waals surface area contributed by atoms with Crippen molar-refractivity contribution in [1.82, 2.24) is 4.90 Å². The zero-order valence-corrected chi connectivity index (χ0v) is 10.7. The van der Waals surface area contributed by atoms with Crippen molar-refractivity contribution >= 4 is 23.3 Å². The molecule has 19 heavy (non-hydrogen) atoms. The molecule has 2 amide bonds. The highest BCUT2D eigenvalue weighted by Gasteiger charge is 2.33. The van der Waals surface area contributed by atoms with Crippen LogP contribution in [0.4, 0.5) is 23.7 Å². The van der Waals surface area contributed by atoms with Crippen molar-refractivity contribution in [3.05, 3.63) is 28.8 Å². The number of alkyl halides is 3. The fourth-order valence-corrected chi connectivity index (χ4v) is 2.17. The summed E-state index contributed by atoms with van der Waals surface area (Å²) in [7, 11) is 0. The van der Waals surface area contributed by atoms with Gasteiger partial charge in [-0.25, -0.2) is 4.79 Å². The Morgan fingerprint density at radius 3 is 2.47 bits per heavy atom. The highest BCUT2D eigenvalue weighted by molar-refractivity contribution is 6.31. The van der Waals surface area contributed by atoms with Crippen LogP contribution in [0, 0.1) is 0 Å². The van der Waals surface area contributed by atoms with Crippen molar-refractivity contribution in [2.24, 2.45) is 0 Å².